The van der Waals surface area contributed by atoms with Crippen molar-refractivity contribution in [2.45, 2.75) is 45.9 Å². The molecule has 1 saturated carbocycles. The van der Waals surface area contributed by atoms with Crippen LogP contribution in [0.2, 0.25) is 0 Å². The Hall–Kier alpha value is -3.73. The van der Waals surface area contributed by atoms with E-state index in [1.54, 1.807) is 20.7 Å². The van der Waals surface area contributed by atoms with Crippen molar-refractivity contribution in [2.75, 3.05) is 33.2 Å². The molecule has 11 nitrogen and oxygen atoms in total. The molecule has 1 unspecified atom stereocenters. The van der Waals surface area contributed by atoms with E-state index in [9.17, 15) is 24.3 Å². The van der Waals surface area contributed by atoms with Gasteiger partial charge < -0.3 is 25.5 Å². The third kappa shape index (κ3) is 5.22. The van der Waals surface area contributed by atoms with Crippen molar-refractivity contribution in [3.63, 3.8) is 0 Å². The smallest absolute Gasteiger partial charge is 0.257 e. The van der Waals surface area contributed by atoms with Crippen molar-refractivity contribution in [1.82, 2.24) is 30.2 Å². The number of likely N-dealkylation sites (N-methyl/N-ethyl adjacent to an activating group) is 1. The predicted molar refractivity (Wildman–Crippen MR) is 146 cm³/mol. The number of carbonyl (C=O) groups is 4. The molecule has 40 heavy (non-hydrogen) atoms. The Morgan fingerprint density at radius 1 is 1.07 bits per heavy atom. The molecule has 3 N–H and O–H groups in total. The lowest BCUT2D eigenvalue weighted by Crippen LogP contribution is -2.65. The van der Waals surface area contributed by atoms with Gasteiger partial charge in [0.1, 0.15) is 6.04 Å². The number of hydrogen-bond donors (Lipinski definition) is 3. The van der Waals surface area contributed by atoms with Crippen molar-refractivity contribution in [3.05, 3.63) is 53.9 Å². The zero-order valence-electron chi connectivity index (χ0n) is 23.5. The molecule has 11 heteroatoms. The Labute approximate surface area is 233 Å². The van der Waals surface area contributed by atoms with Gasteiger partial charge >= 0.3 is 0 Å². The third-order valence-corrected chi connectivity index (χ3v) is 8.76. The Kier molecular flexibility index (Phi) is 7.20. The van der Waals surface area contributed by atoms with Crippen LogP contribution in [0.25, 0.3) is 0 Å². The number of aliphatic hydroxyl groups excluding tert-OH is 1. The van der Waals surface area contributed by atoms with Crippen molar-refractivity contribution in [1.29, 1.82) is 0 Å². The lowest BCUT2D eigenvalue weighted by atomic mass is 9.70. The molecule has 1 spiro atoms. The molecule has 0 bridgehead atoms. The van der Waals surface area contributed by atoms with Crippen LogP contribution in [0.3, 0.4) is 0 Å². The molecular formula is C29H38N6O5. The number of carbonyl (C=O) groups excluding carboxylic acids is 4. The topological polar surface area (TPSA) is 137 Å². The minimum Gasteiger partial charge on any atom is -0.391 e. The van der Waals surface area contributed by atoms with E-state index < -0.39 is 35.3 Å². The lowest BCUT2D eigenvalue weighted by Gasteiger charge is -2.50. The lowest BCUT2D eigenvalue weighted by molar-refractivity contribution is -0.152. The van der Waals surface area contributed by atoms with Crippen LogP contribution in [0.1, 0.15) is 43.1 Å². The second-order valence-electron chi connectivity index (χ2n) is 12.3. The molecule has 5 rings (SSSR count). The predicted octanol–water partition coefficient (Wildman–Crippen LogP) is 0.490. The van der Waals surface area contributed by atoms with Gasteiger partial charge in [0.15, 0.2) is 0 Å². The van der Waals surface area contributed by atoms with Crippen LogP contribution in [0.4, 0.5) is 0 Å². The van der Waals surface area contributed by atoms with E-state index in [0.717, 1.165) is 12.0 Å². The average molecular weight is 551 g/mol. The summed E-state index contributed by atoms with van der Waals surface area (Å²) >= 11 is 0. The summed E-state index contributed by atoms with van der Waals surface area (Å²) in [5, 5.41) is 19.7. The average Bonchev–Trinajstić information content (AvgIpc) is 3.24. The van der Waals surface area contributed by atoms with Crippen LogP contribution in [0, 0.1) is 22.7 Å². The maximum atomic E-state index is 13.6. The number of benzene rings is 1. The SMILES string of the molecule is CNC(=O)[C@@H](NC(=O)[C@H]1CN(C(=O)c2cnn(Cc3ccccc3)c2)CC12CN(C(=O)C1CC1(C)C)C2)[C@@H](C)O. The standard InChI is InChI=1S/C29H38N6O5/c1-18(36)23(25(38)30-4)32-24(37)22-14-33(15-29(22)16-34(17-29)27(40)21-10-28(21,2)3)26(39)20-11-31-35(13-20)12-19-8-6-5-7-9-19/h5-9,11,13,18,21-23,36H,10,12,14-17H2,1-4H3,(H,30,38)(H,32,37)/t18-,21?,22-,23+/m1/s1. The third-order valence-electron chi connectivity index (χ3n) is 8.76. The molecule has 1 aromatic carbocycles. The first kappa shape index (κ1) is 27.8. The number of likely N-dealkylation sites (tertiary alicyclic amines) is 2. The summed E-state index contributed by atoms with van der Waals surface area (Å²) in [6.45, 7) is 7.30. The molecule has 0 radical (unpaired) electrons. The Balaban J connectivity index is 1.33. The van der Waals surface area contributed by atoms with Gasteiger partial charge in [0.2, 0.25) is 17.7 Å². The van der Waals surface area contributed by atoms with E-state index in [1.165, 1.54) is 20.2 Å². The van der Waals surface area contributed by atoms with Crippen LogP contribution in [0.5, 0.6) is 0 Å². The maximum absolute atomic E-state index is 13.6. The molecule has 1 aromatic heterocycles. The maximum Gasteiger partial charge on any atom is 0.257 e. The van der Waals surface area contributed by atoms with Gasteiger partial charge in [-0.25, -0.2) is 0 Å². The van der Waals surface area contributed by atoms with E-state index in [2.05, 4.69) is 29.6 Å². The quantitative estimate of drug-likeness (QED) is 0.438. The normalized spacial score (nSPS) is 23.7. The van der Waals surface area contributed by atoms with Gasteiger partial charge in [0.05, 0.1) is 30.3 Å². The van der Waals surface area contributed by atoms with E-state index in [0.29, 0.717) is 31.7 Å². The van der Waals surface area contributed by atoms with E-state index in [1.807, 2.05) is 30.3 Å². The highest BCUT2D eigenvalue weighted by atomic mass is 16.3. The monoisotopic (exact) mass is 550 g/mol. The van der Waals surface area contributed by atoms with Crippen LogP contribution in [-0.4, -0.2) is 93.7 Å². The molecule has 3 aliphatic rings. The minimum absolute atomic E-state index is 0.00774. The van der Waals surface area contributed by atoms with E-state index in [4.69, 9.17) is 0 Å². The van der Waals surface area contributed by atoms with Crippen LogP contribution >= 0.6 is 0 Å². The Morgan fingerprint density at radius 3 is 2.33 bits per heavy atom. The first-order valence-corrected chi connectivity index (χ1v) is 13.8. The van der Waals surface area contributed by atoms with Crippen LogP contribution in [-0.2, 0) is 20.9 Å². The molecule has 2 saturated heterocycles. The minimum atomic E-state index is -1.12. The molecule has 4 atom stereocenters. The van der Waals surface area contributed by atoms with Gasteiger partial charge in [0, 0.05) is 50.8 Å². The Bertz CT molecular complexity index is 1300. The fraction of sp³-hybridized carbons (Fsp3) is 0.552. The van der Waals surface area contributed by atoms with Crippen LogP contribution < -0.4 is 10.6 Å². The molecule has 2 aliphatic heterocycles. The second-order valence-corrected chi connectivity index (χ2v) is 12.3. The molecular weight excluding hydrogens is 512 g/mol. The van der Waals surface area contributed by atoms with Gasteiger partial charge in [0.25, 0.3) is 5.91 Å². The van der Waals surface area contributed by atoms with E-state index in [-0.39, 0.29) is 29.7 Å². The van der Waals surface area contributed by atoms with Gasteiger partial charge in [-0.15, -0.1) is 0 Å². The first-order valence-electron chi connectivity index (χ1n) is 13.8. The largest absolute Gasteiger partial charge is 0.391 e. The van der Waals surface area contributed by atoms with Crippen LogP contribution in [0.15, 0.2) is 42.7 Å². The number of hydrogen-bond acceptors (Lipinski definition) is 6. The summed E-state index contributed by atoms with van der Waals surface area (Å²) < 4.78 is 1.70. The highest BCUT2D eigenvalue weighted by Gasteiger charge is 2.62. The summed E-state index contributed by atoms with van der Waals surface area (Å²) in [6, 6.07) is 8.69. The number of nitrogens with one attached hydrogen (secondary N) is 2. The fourth-order valence-corrected chi connectivity index (χ4v) is 6.11. The van der Waals surface area contributed by atoms with E-state index >= 15 is 0 Å². The highest BCUT2D eigenvalue weighted by molar-refractivity contribution is 5.95. The van der Waals surface area contributed by atoms with Crippen molar-refractivity contribution in [2.24, 2.45) is 22.7 Å². The summed E-state index contributed by atoms with van der Waals surface area (Å²) in [7, 11) is 1.44. The molecule has 4 amide bonds. The number of rotatable bonds is 8. The second kappa shape index (κ2) is 10.3. The summed E-state index contributed by atoms with van der Waals surface area (Å²) in [6.07, 6.45) is 2.98. The van der Waals surface area contributed by atoms with Gasteiger partial charge in [-0.05, 0) is 24.3 Å². The molecule has 214 valence electrons. The molecule has 2 aromatic rings. The van der Waals surface area contributed by atoms with Crippen molar-refractivity contribution < 1.29 is 24.3 Å². The fourth-order valence-electron chi connectivity index (χ4n) is 6.11. The van der Waals surface area contributed by atoms with Gasteiger partial charge in [-0.2, -0.15) is 5.10 Å². The summed E-state index contributed by atoms with van der Waals surface area (Å²) in [5.74, 6) is -1.72. The number of nitrogens with zero attached hydrogens (tertiary/aromatic N) is 4. The van der Waals surface area contributed by atoms with Crippen molar-refractivity contribution in [3.8, 4) is 0 Å². The zero-order valence-corrected chi connectivity index (χ0v) is 23.5. The highest BCUT2D eigenvalue weighted by Crippen LogP contribution is 2.54. The molecule has 3 heterocycles. The van der Waals surface area contributed by atoms with Crippen molar-refractivity contribution >= 4 is 23.6 Å². The number of aliphatic hydroxyl groups is 1. The molecule has 3 fully saturated rings. The first-order chi connectivity index (χ1) is 18.9. The summed E-state index contributed by atoms with van der Waals surface area (Å²) in [4.78, 5) is 55.9. The van der Waals surface area contributed by atoms with Gasteiger partial charge in [-0.3, -0.25) is 23.9 Å². The summed E-state index contributed by atoms with van der Waals surface area (Å²) in [5.41, 5.74) is 0.849. The number of amides is 4. The zero-order chi connectivity index (χ0) is 28.8. The number of aromatic nitrogens is 2. The molecule has 1 aliphatic carbocycles. The van der Waals surface area contributed by atoms with Gasteiger partial charge in [-0.1, -0.05) is 44.2 Å². The Morgan fingerprint density at radius 2 is 1.73 bits per heavy atom.